The highest BCUT2D eigenvalue weighted by molar-refractivity contribution is 6.01. The summed E-state index contributed by atoms with van der Waals surface area (Å²) in [7, 11) is 0. The van der Waals surface area contributed by atoms with Gasteiger partial charge in [0.15, 0.2) is 0 Å². The number of rotatable bonds is 7. The molecule has 0 spiro atoms. The maximum Gasteiger partial charge on any atom is 0.127 e. The van der Waals surface area contributed by atoms with Crippen molar-refractivity contribution in [3.8, 4) is 12.8 Å². The summed E-state index contributed by atoms with van der Waals surface area (Å²) in [6.07, 6.45) is 17.3. The van der Waals surface area contributed by atoms with E-state index in [0.717, 1.165) is 47.6 Å². The molecule has 3 nitrogen and oxygen atoms in total. The summed E-state index contributed by atoms with van der Waals surface area (Å²) in [6, 6.07) is 15.1. The summed E-state index contributed by atoms with van der Waals surface area (Å²) < 4.78 is 0. The monoisotopic (exact) mass is 425 g/mol. The fraction of sp³-hybridized carbons (Fsp3) is 0.276. The molecule has 3 heteroatoms. The first-order chi connectivity index (χ1) is 15.6. The van der Waals surface area contributed by atoms with E-state index in [2.05, 4.69) is 111 Å². The van der Waals surface area contributed by atoms with E-state index >= 15 is 0 Å². The minimum atomic E-state index is 0.714. The van der Waals surface area contributed by atoms with Crippen molar-refractivity contribution < 1.29 is 0 Å². The van der Waals surface area contributed by atoms with Crippen LogP contribution in [-0.2, 0) is 12.8 Å². The number of anilines is 1. The van der Waals surface area contributed by atoms with Crippen molar-refractivity contribution in [1.29, 1.82) is 0 Å². The standard InChI is InChI=1S/C27H33N3.C2H2/c1-6-15-30-18-26(24-12-10-11-23(16-24)20(5)7-2)29-27(19-30)28-25-14-13-21(8-3)22(9-4)17-25;1-2/h6,10-18H,5,7-9,19H2,1-4H3,(H,28,29);1-2H/b15-6-;. The molecule has 0 aromatic heterocycles. The zero-order chi connectivity index (χ0) is 23.5. The Morgan fingerprint density at radius 3 is 2.50 bits per heavy atom. The molecule has 2 aromatic rings. The van der Waals surface area contributed by atoms with Gasteiger partial charge < -0.3 is 10.2 Å². The average molecular weight is 426 g/mol. The maximum atomic E-state index is 4.97. The van der Waals surface area contributed by atoms with Gasteiger partial charge in [-0.1, -0.05) is 57.7 Å². The van der Waals surface area contributed by atoms with Crippen LogP contribution in [0.4, 0.5) is 5.69 Å². The third-order valence-corrected chi connectivity index (χ3v) is 5.47. The normalized spacial score (nSPS) is 13.1. The second kappa shape index (κ2) is 12.4. The number of amidine groups is 1. The van der Waals surface area contributed by atoms with E-state index in [9.17, 15) is 0 Å². The summed E-state index contributed by atoms with van der Waals surface area (Å²) in [5, 5.41) is 3.56. The number of nitrogens with zero attached hydrogens (tertiary/aromatic N) is 2. The molecule has 32 heavy (non-hydrogen) atoms. The number of nitrogens with one attached hydrogen (secondary N) is 1. The summed E-state index contributed by atoms with van der Waals surface area (Å²) in [6.45, 7) is 13.5. The molecule has 1 heterocycles. The molecule has 0 amide bonds. The summed E-state index contributed by atoms with van der Waals surface area (Å²) >= 11 is 0. The highest BCUT2D eigenvalue weighted by Gasteiger charge is 2.15. The molecule has 0 bridgehead atoms. The van der Waals surface area contributed by atoms with Crippen LogP contribution in [0.25, 0.3) is 11.3 Å². The lowest BCUT2D eigenvalue weighted by Gasteiger charge is -2.24. The molecule has 0 saturated heterocycles. The Labute approximate surface area is 194 Å². The largest absolute Gasteiger partial charge is 0.345 e. The van der Waals surface area contributed by atoms with E-state index in [1.807, 2.05) is 6.92 Å². The van der Waals surface area contributed by atoms with Crippen LogP contribution in [0.5, 0.6) is 0 Å². The third-order valence-electron chi connectivity index (χ3n) is 5.47. The zero-order valence-electron chi connectivity index (χ0n) is 19.9. The molecule has 0 aliphatic carbocycles. The van der Waals surface area contributed by atoms with Crippen molar-refractivity contribution >= 4 is 22.8 Å². The van der Waals surface area contributed by atoms with Crippen molar-refractivity contribution in [1.82, 2.24) is 4.90 Å². The predicted octanol–water partition coefficient (Wildman–Crippen LogP) is 7.14. The number of allylic oxidation sites excluding steroid dienone is 2. The number of hydrogen-bond acceptors (Lipinski definition) is 3. The van der Waals surface area contributed by atoms with E-state index in [4.69, 9.17) is 4.99 Å². The Morgan fingerprint density at radius 1 is 1.09 bits per heavy atom. The molecule has 0 unspecified atom stereocenters. The molecule has 1 aliphatic heterocycles. The van der Waals surface area contributed by atoms with Crippen LogP contribution in [-0.4, -0.2) is 17.3 Å². The lowest BCUT2D eigenvalue weighted by molar-refractivity contribution is 0.575. The number of aryl methyl sites for hydroxylation is 2. The van der Waals surface area contributed by atoms with E-state index < -0.39 is 0 Å². The smallest absolute Gasteiger partial charge is 0.127 e. The summed E-state index contributed by atoms with van der Waals surface area (Å²) in [5.41, 5.74) is 8.27. The fourth-order valence-electron chi connectivity index (χ4n) is 3.73. The minimum Gasteiger partial charge on any atom is -0.345 e. The van der Waals surface area contributed by atoms with E-state index in [0.29, 0.717) is 6.54 Å². The van der Waals surface area contributed by atoms with Gasteiger partial charge in [0.05, 0.1) is 12.2 Å². The Hall–Kier alpha value is -3.51. The van der Waals surface area contributed by atoms with Crippen LogP contribution < -0.4 is 5.32 Å². The Bertz CT molecular complexity index is 1040. The Morgan fingerprint density at radius 2 is 1.84 bits per heavy atom. The second-order valence-corrected chi connectivity index (χ2v) is 7.58. The third kappa shape index (κ3) is 6.25. The predicted molar refractivity (Wildman–Crippen MR) is 141 cm³/mol. The topological polar surface area (TPSA) is 27.6 Å². The number of benzene rings is 2. The van der Waals surface area contributed by atoms with Gasteiger partial charge in [-0.15, -0.1) is 12.8 Å². The van der Waals surface area contributed by atoms with Crippen molar-refractivity contribution in [3.05, 3.63) is 89.8 Å². The van der Waals surface area contributed by atoms with Crippen LogP contribution in [0.15, 0.2) is 72.5 Å². The lowest BCUT2D eigenvalue weighted by Crippen LogP contribution is -2.29. The van der Waals surface area contributed by atoms with Gasteiger partial charge in [0.25, 0.3) is 0 Å². The van der Waals surface area contributed by atoms with Crippen molar-refractivity contribution in [2.24, 2.45) is 4.99 Å². The SMILES string of the molecule is C#C.C=C(CC)c1cccc(C2=CN(/C=C\C)CC(Nc3ccc(CC)c(CC)c3)=N2)c1. The van der Waals surface area contributed by atoms with Crippen LogP contribution >= 0.6 is 0 Å². The molecule has 0 atom stereocenters. The van der Waals surface area contributed by atoms with Gasteiger partial charge in [-0.25, -0.2) is 4.99 Å². The molecular weight excluding hydrogens is 390 g/mol. The maximum absolute atomic E-state index is 4.97. The minimum absolute atomic E-state index is 0.714. The molecule has 3 rings (SSSR count). The Kier molecular flexibility index (Phi) is 9.57. The molecular formula is C29H35N3. The van der Waals surface area contributed by atoms with Gasteiger partial charge in [-0.05, 0) is 72.8 Å². The van der Waals surface area contributed by atoms with Gasteiger partial charge in [-0.2, -0.15) is 0 Å². The zero-order valence-corrected chi connectivity index (χ0v) is 19.9. The highest BCUT2D eigenvalue weighted by Crippen LogP contribution is 2.26. The summed E-state index contributed by atoms with van der Waals surface area (Å²) in [5.74, 6) is 0.941. The highest BCUT2D eigenvalue weighted by atomic mass is 15.2. The van der Waals surface area contributed by atoms with Gasteiger partial charge in [0, 0.05) is 17.5 Å². The summed E-state index contributed by atoms with van der Waals surface area (Å²) in [4.78, 5) is 7.14. The molecule has 166 valence electrons. The van der Waals surface area contributed by atoms with Crippen LogP contribution in [0.3, 0.4) is 0 Å². The quantitative estimate of drug-likeness (QED) is 0.477. The number of hydrogen-bond donors (Lipinski definition) is 1. The van der Waals surface area contributed by atoms with E-state index in [-0.39, 0.29) is 0 Å². The first kappa shape index (κ1) is 24.8. The molecule has 2 aromatic carbocycles. The van der Waals surface area contributed by atoms with Gasteiger partial charge in [0.1, 0.15) is 5.84 Å². The lowest BCUT2D eigenvalue weighted by atomic mass is 10.0. The molecule has 0 fully saturated rings. The molecule has 0 saturated carbocycles. The van der Waals surface area contributed by atoms with Gasteiger partial charge >= 0.3 is 0 Å². The molecule has 0 radical (unpaired) electrons. The first-order valence-electron chi connectivity index (χ1n) is 11.3. The van der Waals surface area contributed by atoms with Gasteiger partial charge in [-0.3, -0.25) is 0 Å². The van der Waals surface area contributed by atoms with E-state index in [1.54, 1.807) is 0 Å². The fourth-order valence-corrected chi connectivity index (χ4v) is 3.73. The van der Waals surface area contributed by atoms with E-state index in [1.165, 1.54) is 16.7 Å². The van der Waals surface area contributed by atoms with Crippen molar-refractivity contribution in [2.75, 3.05) is 11.9 Å². The van der Waals surface area contributed by atoms with Crippen molar-refractivity contribution in [2.45, 2.75) is 47.0 Å². The van der Waals surface area contributed by atoms with Crippen LogP contribution in [0.1, 0.15) is 56.4 Å². The van der Waals surface area contributed by atoms with Crippen LogP contribution in [0, 0.1) is 12.8 Å². The van der Waals surface area contributed by atoms with Gasteiger partial charge in [0.2, 0.25) is 0 Å². The van der Waals surface area contributed by atoms with Crippen molar-refractivity contribution in [3.63, 3.8) is 0 Å². The molecule has 1 aliphatic rings. The average Bonchev–Trinajstić information content (AvgIpc) is 2.84. The second-order valence-electron chi connectivity index (χ2n) is 7.58. The molecule has 1 N–H and O–H groups in total. The number of aliphatic imine (C=N–C) groups is 1. The first-order valence-corrected chi connectivity index (χ1v) is 11.3. The number of terminal acetylenes is 1. The van der Waals surface area contributed by atoms with Crippen LogP contribution in [0.2, 0.25) is 0 Å². The Balaban J connectivity index is 0.00000176.